The molecule has 28 heavy (non-hydrogen) atoms. The van der Waals surface area contributed by atoms with Gasteiger partial charge in [-0.1, -0.05) is 42.0 Å². The molecular formula is C22H20N4O2. The molecule has 1 aliphatic rings. The third-order valence-electron chi connectivity index (χ3n) is 4.97. The van der Waals surface area contributed by atoms with Crippen LogP contribution in [-0.4, -0.2) is 32.8 Å². The largest absolute Gasteiger partial charge is 0.282 e. The number of carbonyl (C=O) groups excluding carboxylic acids is 2. The molecule has 0 saturated carbocycles. The van der Waals surface area contributed by atoms with E-state index in [0.717, 1.165) is 27.5 Å². The molecule has 4 rings (SSSR count). The smallest absolute Gasteiger partial charge is 0.267 e. The Labute approximate surface area is 163 Å². The van der Waals surface area contributed by atoms with Crippen molar-refractivity contribution in [3.8, 4) is 0 Å². The molecule has 2 aromatic carbocycles. The number of hydrogen-bond donors (Lipinski definition) is 0. The first-order valence-electron chi connectivity index (χ1n) is 9.07. The van der Waals surface area contributed by atoms with Crippen LogP contribution in [0.4, 0.5) is 0 Å². The van der Waals surface area contributed by atoms with Gasteiger partial charge in [0, 0.05) is 11.3 Å². The lowest BCUT2D eigenvalue weighted by molar-refractivity contribution is 0.0660. The van der Waals surface area contributed by atoms with E-state index in [9.17, 15) is 9.59 Å². The van der Waals surface area contributed by atoms with Crippen LogP contribution in [0.25, 0.3) is 0 Å². The van der Waals surface area contributed by atoms with E-state index >= 15 is 0 Å². The maximum Gasteiger partial charge on any atom is 0.282 e. The van der Waals surface area contributed by atoms with Gasteiger partial charge >= 0.3 is 0 Å². The van der Waals surface area contributed by atoms with E-state index in [0.29, 0.717) is 17.7 Å². The molecule has 0 spiro atoms. The van der Waals surface area contributed by atoms with Gasteiger partial charge in [0.05, 0.1) is 29.6 Å². The number of aryl methyl sites for hydroxylation is 2. The van der Waals surface area contributed by atoms with Gasteiger partial charge in [0.25, 0.3) is 11.8 Å². The highest BCUT2D eigenvalue weighted by atomic mass is 16.2. The van der Waals surface area contributed by atoms with Gasteiger partial charge in [-0.2, -0.15) is 15.2 Å². The normalized spacial score (nSPS) is 13.6. The zero-order chi connectivity index (χ0) is 19.8. The number of hydrogen-bond acceptors (Lipinski definition) is 4. The summed E-state index contributed by atoms with van der Waals surface area (Å²) in [5, 5.41) is 9.68. The predicted octanol–water partition coefficient (Wildman–Crippen LogP) is 3.49. The van der Waals surface area contributed by atoms with Gasteiger partial charge in [-0.3, -0.25) is 14.3 Å². The Morgan fingerprint density at radius 2 is 1.54 bits per heavy atom. The number of amides is 2. The standard InChI is InChI=1S/C22H20N4O2/c1-14-8-10-17(11-9-14)13-25-16(3)20(15(2)24-25)12-23-26-21(27)18-6-4-5-7-19(18)22(26)28/h4-12H,13H2,1-3H3. The minimum absolute atomic E-state index is 0.383. The van der Waals surface area contributed by atoms with Crippen LogP contribution in [0.2, 0.25) is 0 Å². The quantitative estimate of drug-likeness (QED) is 0.520. The topological polar surface area (TPSA) is 67.6 Å². The Bertz CT molecular complexity index is 1080. The highest BCUT2D eigenvalue weighted by Gasteiger charge is 2.35. The molecule has 0 atom stereocenters. The van der Waals surface area contributed by atoms with E-state index in [1.54, 1.807) is 30.5 Å². The van der Waals surface area contributed by atoms with E-state index in [1.807, 2.05) is 18.5 Å². The van der Waals surface area contributed by atoms with Crippen molar-refractivity contribution < 1.29 is 9.59 Å². The first-order valence-corrected chi connectivity index (χ1v) is 9.07. The number of imide groups is 1. The average Bonchev–Trinajstić information content (AvgIpc) is 3.09. The van der Waals surface area contributed by atoms with Gasteiger partial charge in [0.15, 0.2) is 0 Å². The summed E-state index contributed by atoms with van der Waals surface area (Å²) in [4.78, 5) is 24.9. The average molecular weight is 372 g/mol. The molecule has 6 heteroatoms. The number of benzene rings is 2. The van der Waals surface area contributed by atoms with Crippen LogP contribution in [0.5, 0.6) is 0 Å². The van der Waals surface area contributed by atoms with E-state index in [4.69, 9.17) is 0 Å². The molecule has 3 aromatic rings. The Hall–Kier alpha value is -3.54. The van der Waals surface area contributed by atoms with Crippen molar-refractivity contribution in [1.29, 1.82) is 0 Å². The van der Waals surface area contributed by atoms with Gasteiger partial charge in [-0.15, -0.1) is 0 Å². The van der Waals surface area contributed by atoms with Crippen LogP contribution in [-0.2, 0) is 6.54 Å². The second-order valence-electron chi connectivity index (χ2n) is 6.94. The van der Waals surface area contributed by atoms with Crippen LogP contribution < -0.4 is 0 Å². The number of fused-ring (bicyclic) bond motifs is 1. The van der Waals surface area contributed by atoms with Gasteiger partial charge in [0.1, 0.15) is 0 Å². The van der Waals surface area contributed by atoms with Crippen LogP contribution in [0, 0.1) is 20.8 Å². The summed E-state index contributed by atoms with van der Waals surface area (Å²) in [6, 6.07) is 15.1. The minimum atomic E-state index is -0.404. The zero-order valence-corrected chi connectivity index (χ0v) is 16.0. The Kier molecular flexibility index (Phi) is 4.39. The maximum absolute atomic E-state index is 12.4. The van der Waals surface area contributed by atoms with Crippen LogP contribution in [0.1, 0.15) is 48.8 Å². The molecule has 0 unspecified atom stereocenters. The lowest BCUT2D eigenvalue weighted by atomic mass is 10.1. The Balaban J connectivity index is 1.59. The van der Waals surface area contributed by atoms with E-state index in [-0.39, 0.29) is 0 Å². The number of aromatic nitrogens is 2. The lowest BCUT2D eigenvalue weighted by Crippen LogP contribution is -2.24. The third-order valence-corrected chi connectivity index (χ3v) is 4.97. The monoisotopic (exact) mass is 372 g/mol. The Morgan fingerprint density at radius 1 is 0.929 bits per heavy atom. The number of rotatable bonds is 4. The highest BCUT2D eigenvalue weighted by molar-refractivity contribution is 6.21. The number of carbonyl (C=O) groups is 2. The summed E-state index contributed by atoms with van der Waals surface area (Å²) in [5.74, 6) is -0.807. The molecule has 1 aliphatic heterocycles. The zero-order valence-electron chi connectivity index (χ0n) is 16.0. The van der Waals surface area contributed by atoms with Crippen LogP contribution in [0.3, 0.4) is 0 Å². The van der Waals surface area contributed by atoms with Crippen molar-refractivity contribution >= 4 is 18.0 Å². The molecule has 6 nitrogen and oxygen atoms in total. The van der Waals surface area contributed by atoms with Crippen molar-refractivity contribution in [2.75, 3.05) is 0 Å². The van der Waals surface area contributed by atoms with E-state index < -0.39 is 11.8 Å². The molecule has 0 aliphatic carbocycles. The Morgan fingerprint density at radius 3 is 2.14 bits per heavy atom. The SMILES string of the molecule is Cc1ccc(Cn2nc(C)c(C=NN3C(=O)c4ccccc4C3=O)c2C)cc1. The molecule has 2 amide bonds. The summed E-state index contributed by atoms with van der Waals surface area (Å²) in [6.45, 7) is 6.55. The summed E-state index contributed by atoms with van der Waals surface area (Å²) in [7, 11) is 0. The second kappa shape index (κ2) is 6.88. The maximum atomic E-state index is 12.4. The van der Waals surface area contributed by atoms with Crippen LogP contribution in [0.15, 0.2) is 53.6 Å². The fourth-order valence-corrected chi connectivity index (χ4v) is 3.31. The molecule has 0 N–H and O–H groups in total. The fraction of sp³-hybridized carbons (Fsp3) is 0.182. The molecule has 2 heterocycles. The fourth-order valence-electron chi connectivity index (χ4n) is 3.31. The van der Waals surface area contributed by atoms with E-state index in [2.05, 4.69) is 41.4 Å². The first kappa shape index (κ1) is 17.9. The van der Waals surface area contributed by atoms with Crippen molar-refractivity contribution in [3.05, 3.63) is 87.7 Å². The van der Waals surface area contributed by atoms with Crippen molar-refractivity contribution in [2.45, 2.75) is 27.3 Å². The summed E-state index contributed by atoms with van der Waals surface area (Å²) in [5.41, 5.74) is 5.67. The molecule has 1 aromatic heterocycles. The molecule has 0 fully saturated rings. The molecule has 0 saturated heterocycles. The minimum Gasteiger partial charge on any atom is -0.267 e. The predicted molar refractivity (Wildman–Crippen MR) is 107 cm³/mol. The van der Waals surface area contributed by atoms with E-state index in [1.165, 1.54) is 5.56 Å². The third kappa shape index (κ3) is 3.03. The molecule has 140 valence electrons. The lowest BCUT2D eigenvalue weighted by Gasteiger charge is -2.06. The number of hydrazone groups is 1. The highest BCUT2D eigenvalue weighted by Crippen LogP contribution is 2.23. The van der Waals surface area contributed by atoms with Crippen LogP contribution >= 0.6 is 0 Å². The summed E-state index contributed by atoms with van der Waals surface area (Å²) < 4.78 is 1.91. The van der Waals surface area contributed by atoms with Gasteiger partial charge in [-0.05, 0) is 38.5 Å². The van der Waals surface area contributed by atoms with Crippen molar-refractivity contribution in [2.24, 2.45) is 5.10 Å². The first-order chi connectivity index (χ1) is 13.5. The summed E-state index contributed by atoms with van der Waals surface area (Å²) in [6.07, 6.45) is 1.55. The molecule has 0 bridgehead atoms. The molecular weight excluding hydrogens is 352 g/mol. The van der Waals surface area contributed by atoms with Gasteiger partial charge in [0.2, 0.25) is 0 Å². The molecule has 0 radical (unpaired) electrons. The summed E-state index contributed by atoms with van der Waals surface area (Å²) >= 11 is 0. The van der Waals surface area contributed by atoms with Gasteiger partial charge in [-0.25, -0.2) is 0 Å². The second-order valence-corrected chi connectivity index (χ2v) is 6.94. The number of nitrogens with zero attached hydrogens (tertiary/aromatic N) is 4. The van der Waals surface area contributed by atoms with Gasteiger partial charge < -0.3 is 0 Å². The van der Waals surface area contributed by atoms with Crippen molar-refractivity contribution in [1.82, 2.24) is 14.8 Å². The van der Waals surface area contributed by atoms with Crippen molar-refractivity contribution in [3.63, 3.8) is 0 Å².